The summed E-state index contributed by atoms with van der Waals surface area (Å²) in [5.41, 5.74) is 5.52. The first-order valence-corrected chi connectivity index (χ1v) is 8.32. The third kappa shape index (κ3) is 2.34. The van der Waals surface area contributed by atoms with Crippen LogP contribution in [0, 0.1) is 6.92 Å². The van der Waals surface area contributed by atoms with E-state index in [1.165, 1.54) is 35.9 Å². The van der Waals surface area contributed by atoms with Crippen molar-refractivity contribution in [2.45, 2.75) is 26.2 Å². The zero-order valence-electron chi connectivity index (χ0n) is 13.5. The smallest absolute Gasteiger partial charge is 0.112 e. The van der Waals surface area contributed by atoms with Gasteiger partial charge in [0.15, 0.2) is 0 Å². The molecule has 2 aromatic heterocycles. The summed E-state index contributed by atoms with van der Waals surface area (Å²) in [5, 5.41) is 1.23. The molecule has 4 nitrogen and oxygen atoms in total. The fourth-order valence-electron chi connectivity index (χ4n) is 3.60. The van der Waals surface area contributed by atoms with Crippen LogP contribution in [0.15, 0.2) is 42.6 Å². The SMILES string of the molecule is Cc1ccc2c(c1)c(N1CCCCC1)c(-c1ccccn1)n2N. The Morgan fingerprint density at radius 3 is 2.61 bits per heavy atom. The highest BCUT2D eigenvalue weighted by atomic mass is 15.3. The van der Waals surface area contributed by atoms with Crippen molar-refractivity contribution in [2.75, 3.05) is 23.8 Å². The zero-order valence-corrected chi connectivity index (χ0v) is 13.5. The van der Waals surface area contributed by atoms with Gasteiger partial charge < -0.3 is 10.7 Å². The summed E-state index contributed by atoms with van der Waals surface area (Å²) < 4.78 is 1.81. The summed E-state index contributed by atoms with van der Waals surface area (Å²) in [7, 11) is 0. The number of aromatic nitrogens is 2. The monoisotopic (exact) mass is 306 g/mol. The van der Waals surface area contributed by atoms with E-state index in [0.717, 1.165) is 30.0 Å². The number of nitrogens with two attached hydrogens (primary N) is 1. The zero-order chi connectivity index (χ0) is 15.8. The quantitative estimate of drug-likeness (QED) is 0.734. The highest BCUT2D eigenvalue weighted by molar-refractivity contribution is 6.02. The summed E-state index contributed by atoms with van der Waals surface area (Å²) in [6.07, 6.45) is 5.63. The van der Waals surface area contributed by atoms with Gasteiger partial charge in [-0.2, -0.15) is 0 Å². The minimum atomic E-state index is 0.935. The summed E-state index contributed by atoms with van der Waals surface area (Å²) in [4.78, 5) is 7.04. The lowest BCUT2D eigenvalue weighted by Gasteiger charge is -2.29. The predicted octanol–water partition coefficient (Wildman–Crippen LogP) is 3.72. The molecule has 0 spiro atoms. The Kier molecular flexibility index (Phi) is 3.45. The Hall–Kier alpha value is -2.49. The molecule has 0 radical (unpaired) electrons. The molecule has 1 saturated heterocycles. The molecule has 1 aliphatic heterocycles. The fraction of sp³-hybridized carbons (Fsp3) is 0.316. The summed E-state index contributed by atoms with van der Waals surface area (Å²) in [5.74, 6) is 6.48. The van der Waals surface area contributed by atoms with Crippen molar-refractivity contribution in [3.8, 4) is 11.4 Å². The molecule has 3 aromatic rings. The van der Waals surface area contributed by atoms with E-state index in [9.17, 15) is 0 Å². The second-order valence-electron chi connectivity index (χ2n) is 6.35. The van der Waals surface area contributed by atoms with E-state index in [2.05, 4.69) is 35.0 Å². The van der Waals surface area contributed by atoms with Crippen LogP contribution in [0.4, 0.5) is 5.69 Å². The lowest BCUT2D eigenvalue weighted by atomic mass is 10.1. The number of fused-ring (bicyclic) bond motifs is 1. The van der Waals surface area contributed by atoms with Crippen LogP contribution in [0.5, 0.6) is 0 Å². The Morgan fingerprint density at radius 1 is 1.04 bits per heavy atom. The fourth-order valence-corrected chi connectivity index (χ4v) is 3.60. The third-order valence-corrected chi connectivity index (χ3v) is 4.71. The number of rotatable bonds is 2. The first kappa shape index (κ1) is 14.1. The Bertz CT molecular complexity index is 829. The van der Waals surface area contributed by atoms with E-state index in [1.54, 1.807) is 4.68 Å². The maximum atomic E-state index is 6.48. The number of nitrogens with zero attached hydrogens (tertiary/aromatic N) is 3. The van der Waals surface area contributed by atoms with Gasteiger partial charge in [0.2, 0.25) is 0 Å². The highest BCUT2D eigenvalue weighted by Crippen LogP contribution is 2.40. The molecule has 0 saturated carbocycles. The van der Waals surface area contributed by atoms with E-state index in [0.29, 0.717) is 0 Å². The van der Waals surface area contributed by atoms with Gasteiger partial charge in [-0.1, -0.05) is 17.7 Å². The maximum absolute atomic E-state index is 6.48. The van der Waals surface area contributed by atoms with E-state index >= 15 is 0 Å². The predicted molar refractivity (Wildman–Crippen MR) is 96.1 cm³/mol. The lowest BCUT2D eigenvalue weighted by molar-refractivity contribution is 0.579. The van der Waals surface area contributed by atoms with E-state index in [-0.39, 0.29) is 0 Å². The van der Waals surface area contributed by atoms with Gasteiger partial charge in [0.05, 0.1) is 16.9 Å². The third-order valence-electron chi connectivity index (χ3n) is 4.71. The summed E-state index contributed by atoms with van der Waals surface area (Å²) in [6.45, 7) is 4.31. The normalized spacial score (nSPS) is 15.3. The number of nitrogen functional groups attached to an aromatic ring is 1. The maximum Gasteiger partial charge on any atom is 0.112 e. The van der Waals surface area contributed by atoms with Crippen molar-refractivity contribution in [3.05, 3.63) is 48.2 Å². The molecular formula is C19H22N4. The molecule has 0 bridgehead atoms. The van der Waals surface area contributed by atoms with Gasteiger partial charge in [0.1, 0.15) is 5.69 Å². The minimum Gasteiger partial charge on any atom is -0.369 e. The Morgan fingerprint density at radius 2 is 1.87 bits per heavy atom. The number of benzene rings is 1. The van der Waals surface area contributed by atoms with Gasteiger partial charge in [-0.05, 0) is 50.5 Å². The van der Waals surface area contributed by atoms with Gasteiger partial charge in [0.25, 0.3) is 0 Å². The molecule has 1 fully saturated rings. The number of anilines is 1. The molecule has 2 N–H and O–H groups in total. The first-order valence-electron chi connectivity index (χ1n) is 8.32. The van der Waals surface area contributed by atoms with Crippen LogP contribution in [0.3, 0.4) is 0 Å². The second-order valence-corrected chi connectivity index (χ2v) is 6.35. The lowest BCUT2D eigenvalue weighted by Crippen LogP contribution is -2.30. The van der Waals surface area contributed by atoms with Crippen molar-refractivity contribution in [2.24, 2.45) is 0 Å². The molecule has 1 aromatic carbocycles. The van der Waals surface area contributed by atoms with Crippen LogP contribution in [-0.2, 0) is 0 Å². The standard InChI is InChI=1S/C19H22N4/c1-14-8-9-17-15(13-14)18(22-11-5-2-6-12-22)19(23(17)20)16-7-3-4-10-21-16/h3-4,7-10,13H,2,5-6,11-12,20H2,1H3. The topological polar surface area (TPSA) is 47.1 Å². The molecule has 3 heterocycles. The van der Waals surface area contributed by atoms with Gasteiger partial charge in [-0.15, -0.1) is 0 Å². The van der Waals surface area contributed by atoms with Crippen LogP contribution < -0.4 is 10.7 Å². The Balaban J connectivity index is 2.01. The second kappa shape index (κ2) is 5.61. The van der Waals surface area contributed by atoms with Crippen LogP contribution in [-0.4, -0.2) is 22.7 Å². The van der Waals surface area contributed by atoms with Crippen molar-refractivity contribution >= 4 is 16.6 Å². The molecule has 0 aliphatic carbocycles. The van der Waals surface area contributed by atoms with Gasteiger partial charge >= 0.3 is 0 Å². The molecule has 0 amide bonds. The molecule has 0 unspecified atom stereocenters. The number of hydrogen-bond donors (Lipinski definition) is 1. The molecule has 23 heavy (non-hydrogen) atoms. The number of pyridine rings is 1. The largest absolute Gasteiger partial charge is 0.369 e. The van der Waals surface area contributed by atoms with Gasteiger partial charge in [-0.3, -0.25) is 9.66 Å². The number of aryl methyl sites for hydroxylation is 1. The highest BCUT2D eigenvalue weighted by Gasteiger charge is 2.24. The van der Waals surface area contributed by atoms with E-state index < -0.39 is 0 Å². The van der Waals surface area contributed by atoms with Crippen molar-refractivity contribution in [1.29, 1.82) is 0 Å². The summed E-state index contributed by atoms with van der Waals surface area (Å²) >= 11 is 0. The van der Waals surface area contributed by atoms with Crippen molar-refractivity contribution < 1.29 is 0 Å². The van der Waals surface area contributed by atoms with E-state index in [4.69, 9.17) is 5.84 Å². The van der Waals surface area contributed by atoms with Crippen LogP contribution in [0.1, 0.15) is 24.8 Å². The molecule has 4 heteroatoms. The van der Waals surface area contributed by atoms with Crippen molar-refractivity contribution in [1.82, 2.24) is 9.66 Å². The van der Waals surface area contributed by atoms with Crippen LogP contribution in [0.2, 0.25) is 0 Å². The molecule has 1 aliphatic rings. The first-order chi connectivity index (χ1) is 11.3. The number of piperidine rings is 1. The molecule has 0 atom stereocenters. The Labute approximate surface area is 136 Å². The average molecular weight is 306 g/mol. The van der Waals surface area contributed by atoms with E-state index in [1.807, 2.05) is 24.4 Å². The van der Waals surface area contributed by atoms with Gasteiger partial charge in [0, 0.05) is 24.7 Å². The van der Waals surface area contributed by atoms with Gasteiger partial charge in [-0.25, -0.2) is 0 Å². The molecular weight excluding hydrogens is 284 g/mol. The minimum absolute atomic E-state index is 0.935. The summed E-state index contributed by atoms with van der Waals surface area (Å²) in [6, 6.07) is 12.5. The van der Waals surface area contributed by atoms with Crippen molar-refractivity contribution in [3.63, 3.8) is 0 Å². The van der Waals surface area contributed by atoms with Crippen LogP contribution >= 0.6 is 0 Å². The molecule has 118 valence electrons. The molecule has 4 rings (SSSR count). The number of hydrogen-bond acceptors (Lipinski definition) is 3. The van der Waals surface area contributed by atoms with Crippen LogP contribution in [0.25, 0.3) is 22.3 Å². The average Bonchev–Trinajstić information content (AvgIpc) is 2.88.